The van der Waals surface area contributed by atoms with Crippen LogP contribution in [0.15, 0.2) is 82.9 Å². The predicted molar refractivity (Wildman–Crippen MR) is 119 cm³/mol. The molecule has 28 heavy (non-hydrogen) atoms. The lowest BCUT2D eigenvalue weighted by Gasteiger charge is -2.05. The molecule has 0 bridgehead atoms. The highest BCUT2D eigenvalue weighted by atomic mass is 32.2. The van der Waals surface area contributed by atoms with Gasteiger partial charge in [0.1, 0.15) is 29.6 Å². The lowest BCUT2D eigenvalue weighted by Crippen LogP contribution is -2.16. The van der Waals surface area contributed by atoms with E-state index in [1.54, 1.807) is 0 Å². The fourth-order valence-electron chi connectivity index (χ4n) is 2.88. The van der Waals surface area contributed by atoms with E-state index in [9.17, 15) is 0 Å². The van der Waals surface area contributed by atoms with Crippen molar-refractivity contribution in [2.24, 2.45) is 5.16 Å². The summed E-state index contributed by atoms with van der Waals surface area (Å²) in [4.78, 5) is 1.02. The maximum atomic E-state index is 5.93. The van der Waals surface area contributed by atoms with Crippen molar-refractivity contribution in [3.05, 3.63) is 83.9 Å². The van der Waals surface area contributed by atoms with Crippen LogP contribution in [-0.2, 0) is 4.28 Å². The molecule has 1 unspecified atom stereocenters. The molecular weight excluding hydrogens is 366 g/mol. The Labute approximate surface area is 171 Å². The number of benzene rings is 3. The standard InChI is InChI=1S/C20H17NO2S.C4H8/c1-13-7-10-16(11-8-13)24-23-21-20-14(2)22-18-12-9-15-5-3-4-6-17(15)19(18)20;1-3-4-2/h3-12,14H,1-2H3;3-4H,1-2H3/b21-20+;4-3-. The summed E-state index contributed by atoms with van der Waals surface area (Å²) < 4.78 is 11.5. The van der Waals surface area contributed by atoms with Gasteiger partial charge in [-0.1, -0.05) is 65.3 Å². The second-order valence-electron chi connectivity index (χ2n) is 6.53. The number of allylic oxidation sites excluding steroid dienone is 2. The van der Waals surface area contributed by atoms with Gasteiger partial charge in [0.15, 0.2) is 0 Å². The fourth-order valence-corrected chi connectivity index (χ4v) is 3.33. The van der Waals surface area contributed by atoms with E-state index in [0.29, 0.717) is 0 Å². The number of hydrogen-bond donors (Lipinski definition) is 0. The van der Waals surface area contributed by atoms with Gasteiger partial charge in [0, 0.05) is 0 Å². The van der Waals surface area contributed by atoms with E-state index in [1.807, 2.05) is 63.3 Å². The van der Waals surface area contributed by atoms with Crippen LogP contribution in [0.1, 0.15) is 31.9 Å². The molecule has 1 heterocycles. The van der Waals surface area contributed by atoms with Gasteiger partial charge in [0.2, 0.25) is 0 Å². The zero-order valence-electron chi connectivity index (χ0n) is 16.7. The summed E-state index contributed by atoms with van der Waals surface area (Å²) in [5.74, 6) is 0.865. The summed E-state index contributed by atoms with van der Waals surface area (Å²) in [6, 6.07) is 20.5. The zero-order valence-corrected chi connectivity index (χ0v) is 17.5. The Bertz CT molecular complexity index is 989. The van der Waals surface area contributed by atoms with Gasteiger partial charge < -0.3 is 9.02 Å². The number of hydrogen-bond acceptors (Lipinski definition) is 4. The van der Waals surface area contributed by atoms with Gasteiger partial charge in [0.25, 0.3) is 0 Å². The van der Waals surface area contributed by atoms with Gasteiger partial charge >= 0.3 is 0 Å². The first-order valence-corrected chi connectivity index (χ1v) is 10.1. The van der Waals surface area contributed by atoms with Crippen molar-refractivity contribution in [3.63, 3.8) is 0 Å². The van der Waals surface area contributed by atoms with Crippen LogP contribution >= 0.6 is 12.0 Å². The van der Waals surface area contributed by atoms with E-state index >= 15 is 0 Å². The number of rotatable bonds is 3. The summed E-state index contributed by atoms with van der Waals surface area (Å²) >= 11 is 1.26. The molecule has 0 saturated heterocycles. The molecular formula is C24H25NO2S. The largest absolute Gasteiger partial charge is 0.484 e. The minimum Gasteiger partial charge on any atom is -0.484 e. The first-order valence-electron chi connectivity index (χ1n) is 9.38. The van der Waals surface area contributed by atoms with Crippen molar-refractivity contribution >= 4 is 28.5 Å². The Balaban J connectivity index is 0.000000516. The minimum atomic E-state index is -0.121. The van der Waals surface area contributed by atoms with Crippen LogP contribution < -0.4 is 4.74 Å². The average molecular weight is 392 g/mol. The Morgan fingerprint density at radius 2 is 1.68 bits per heavy atom. The quantitative estimate of drug-likeness (QED) is 0.275. The lowest BCUT2D eigenvalue weighted by atomic mass is 10.00. The summed E-state index contributed by atoms with van der Waals surface area (Å²) in [5, 5.41) is 6.68. The van der Waals surface area contributed by atoms with Gasteiger partial charge in [-0.05, 0) is 56.7 Å². The Hall–Kier alpha value is -2.72. The minimum absolute atomic E-state index is 0.121. The van der Waals surface area contributed by atoms with Crippen LogP contribution in [0.2, 0.25) is 0 Å². The highest BCUT2D eigenvalue weighted by Crippen LogP contribution is 2.36. The van der Waals surface area contributed by atoms with E-state index in [0.717, 1.165) is 27.3 Å². The number of oxime groups is 1. The smallest absolute Gasteiger partial charge is 0.142 e. The van der Waals surface area contributed by atoms with Crippen molar-refractivity contribution in [1.82, 2.24) is 0 Å². The Morgan fingerprint density at radius 1 is 0.964 bits per heavy atom. The highest BCUT2D eigenvalue weighted by molar-refractivity contribution is 7.94. The zero-order chi connectivity index (χ0) is 19.9. The third-order valence-electron chi connectivity index (χ3n) is 4.46. The van der Waals surface area contributed by atoms with Gasteiger partial charge in [-0.3, -0.25) is 0 Å². The second kappa shape index (κ2) is 9.47. The molecule has 0 amide bonds. The molecule has 0 aliphatic carbocycles. The predicted octanol–water partition coefficient (Wildman–Crippen LogP) is 6.94. The van der Waals surface area contributed by atoms with E-state index < -0.39 is 0 Å². The first kappa shape index (κ1) is 20.0. The molecule has 3 aromatic rings. The molecule has 0 aromatic heterocycles. The normalized spacial score (nSPS) is 16.6. The topological polar surface area (TPSA) is 30.8 Å². The maximum absolute atomic E-state index is 5.93. The van der Waals surface area contributed by atoms with Crippen LogP contribution in [0.4, 0.5) is 0 Å². The van der Waals surface area contributed by atoms with Crippen molar-refractivity contribution in [1.29, 1.82) is 0 Å². The highest BCUT2D eigenvalue weighted by Gasteiger charge is 2.29. The van der Waals surface area contributed by atoms with Gasteiger partial charge in [-0.15, -0.1) is 0 Å². The van der Waals surface area contributed by atoms with Crippen LogP contribution in [0.25, 0.3) is 10.8 Å². The van der Waals surface area contributed by atoms with Crippen LogP contribution in [0, 0.1) is 6.92 Å². The van der Waals surface area contributed by atoms with Crippen LogP contribution in [0.5, 0.6) is 5.75 Å². The molecule has 0 saturated carbocycles. The number of ether oxygens (including phenoxy) is 1. The summed E-state index contributed by atoms with van der Waals surface area (Å²) in [6.07, 6.45) is 3.88. The second-order valence-corrected chi connectivity index (χ2v) is 7.32. The molecule has 3 aromatic carbocycles. The molecule has 1 aliphatic rings. The number of aryl methyl sites for hydroxylation is 1. The van der Waals surface area contributed by atoms with Gasteiger partial charge in [-0.25, -0.2) is 0 Å². The van der Waals surface area contributed by atoms with Crippen molar-refractivity contribution in [2.75, 3.05) is 0 Å². The SMILES string of the molecule is C/C=C\C.Cc1ccc(SO/N=C2/c3c(ccc4ccccc34)OC2C)cc1. The van der Waals surface area contributed by atoms with Gasteiger partial charge in [-0.2, -0.15) is 0 Å². The van der Waals surface area contributed by atoms with Crippen LogP contribution in [0.3, 0.4) is 0 Å². The lowest BCUT2D eigenvalue weighted by molar-refractivity contribution is 0.297. The number of fused-ring (bicyclic) bond motifs is 3. The molecule has 4 heteroatoms. The molecule has 0 N–H and O–H groups in total. The third kappa shape index (κ3) is 4.57. The Kier molecular flexibility index (Phi) is 6.77. The molecule has 3 nitrogen and oxygen atoms in total. The third-order valence-corrected chi connectivity index (χ3v) is 5.07. The number of nitrogens with zero attached hydrogens (tertiary/aromatic N) is 1. The molecule has 4 rings (SSSR count). The fraction of sp³-hybridized carbons (Fsp3) is 0.208. The van der Waals surface area contributed by atoms with E-state index in [4.69, 9.17) is 9.02 Å². The van der Waals surface area contributed by atoms with E-state index in [1.165, 1.54) is 23.0 Å². The van der Waals surface area contributed by atoms with Crippen molar-refractivity contribution < 1.29 is 9.02 Å². The van der Waals surface area contributed by atoms with E-state index in [-0.39, 0.29) is 6.10 Å². The molecule has 0 radical (unpaired) electrons. The van der Waals surface area contributed by atoms with Crippen LogP contribution in [-0.4, -0.2) is 11.8 Å². The summed E-state index contributed by atoms with van der Waals surface area (Å²) in [5.41, 5.74) is 3.09. The molecule has 1 atom stereocenters. The van der Waals surface area contributed by atoms with Gasteiger partial charge in [0.05, 0.1) is 10.5 Å². The summed E-state index contributed by atoms with van der Waals surface area (Å²) in [7, 11) is 0. The van der Waals surface area contributed by atoms with Crippen molar-refractivity contribution in [2.45, 2.75) is 38.7 Å². The maximum Gasteiger partial charge on any atom is 0.142 e. The average Bonchev–Trinajstić information content (AvgIpc) is 3.05. The molecule has 0 fully saturated rings. The monoisotopic (exact) mass is 391 g/mol. The first-order chi connectivity index (χ1) is 13.6. The summed E-state index contributed by atoms with van der Waals surface area (Å²) in [6.45, 7) is 8.06. The van der Waals surface area contributed by atoms with Crippen molar-refractivity contribution in [3.8, 4) is 5.75 Å². The molecule has 0 spiro atoms. The van der Waals surface area contributed by atoms with E-state index in [2.05, 4.69) is 42.4 Å². The molecule has 1 aliphatic heterocycles. The Morgan fingerprint density at radius 3 is 2.39 bits per heavy atom. The molecule has 144 valence electrons.